The van der Waals surface area contributed by atoms with E-state index in [-0.39, 0.29) is 29.8 Å². The fourth-order valence-electron chi connectivity index (χ4n) is 6.61. The molecule has 8 atom stereocenters. The van der Waals surface area contributed by atoms with Gasteiger partial charge in [0.25, 0.3) is 0 Å². The Morgan fingerprint density at radius 2 is 1.96 bits per heavy atom. The third-order valence-electron chi connectivity index (χ3n) is 7.52. The minimum atomic E-state index is -1.16. The summed E-state index contributed by atoms with van der Waals surface area (Å²) in [5.41, 5.74) is -1.06. The molecular formula is C19H30O6. The van der Waals surface area contributed by atoms with Gasteiger partial charge in [0, 0.05) is 11.8 Å². The van der Waals surface area contributed by atoms with E-state index in [2.05, 4.69) is 20.8 Å². The molecule has 0 radical (unpaired) electrons. The van der Waals surface area contributed by atoms with Crippen molar-refractivity contribution in [2.45, 2.75) is 88.7 Å². The Hall–Kier alpha value is -0.690. The summed E-state index contributed by atoms with van der Waals surface area (Å²) in [4.78, 5) is 12.2. The highest BCUT2D eigenvalue weighted by Crippen LogP contribution is 2.78. The van der Waals surface area contributed by atoms with E-state index in [9.17, 15) is 9.90 Å². The van der Waals surface area contributed by atoms with Crippen LogP contribution in [-0.2, 0) is 23.7 Å². The van der Waals surface area contributed by atoms with Crippen molar-refractivity contribution in [3.8, 4) is 0 Å². The van der Waals surface area contributed by atoms with Gasteiger partial charge >= 0.3 is 5.97 Å². The second kappa shape index (κ2) is 5.18. The third-order valence-corrected chi connectivity index (χ3v) is 7.52. The monoisotopic (exact) mass is 354 g/mol. The van der Waals surface area contributed by atoms with E-state index in [1.807, 2.05) is 0 Å². The predicted molar refractivity (Wildman–Crippen MR) is 88.5 cm³/mol. The summed E-state index contributed by atoms with van der Waals surface area (Å²) in [6, 6.07) is 0. The van der Waals surface area contributed by atoms with Gasteiger partial charge < -0.3 is 24.1 Å². The van der Waals surface area contributed by atoms with E-state index >= 15 is 0 Å². The maximum Gasteiger partial charge on any atom is 0.311 e. The highest BCUT2D eigenvalue weighted by molar-refractivity contribution is 5.71. The zero-order valence-electron chi connectivity index (χ0n) is 15.8. The molecular weight excluding hydrogens is 324 g/mol. The standard InChI is InChI=1S/C19H30O6/c1-6-12-9-16(7-2)15-14(12)19(11(4)20)24-17(15,8-3)18(23-16,25-19)10-13(21)22-5/h11-12,14-15,20H,6-10H2,1-5H3/t11-,12+,14-,15-,16+,17-,18?,19-/m0/s1. The van der Waals surface area contributed by atoms with Crippen LogP contribution < -0.4 is 0 Å². The van der Waals surface area contributed by atoms with E-state index < -0.39 is 23.3 Å². The molecule has 4 rings (SSSR count). The van der Waals surface area contributed by atoms with Crippen molar-refractivity contribution < 1.29 is 28.8 Å². The molecule has 3 aliphatic heterocycles. The first-order valence-corrected chi connectivity index (χ1v) is 9.65. The molecule has 4 aliphatic rings. The van der Waals surface area contributed by atoms with Crippen LogP contribution in [0.2, 0.25) is 0 Å². The molecule has 1 saturated carbocycles. The molecule has 142 valence electrons. The Morgan fingerprint density at radius 3 is 2.48 bits per heavy atom. The number of hydrogen-bond acceptors (Lipinski definition) is 6. The average Bonchev–Trinajstić information content (AvgIpc) is 3.20. The first kappa shape index (κ1) is 17.7. The minimum Gasteiger partial charge on any atom is -0.469 e. The number of fused-ring (bicyclic) bond motifs is 2. The minimum absolute atomic E-state index is 0.00638. The Bertz CT molecular complexity index is 592. The van der Waals surface area contributed by atoms with E-state index in [0.29, 0.717) is 12.3 Å². The lowest BCUT2D eigenvalue weighted by Crippen LogP contribution is -2.59. The van der Waals surface area contributed by atoms with Crippen LogP contribution in [0.25, 0.3) is 0 Å². The Kier molecular flexibility index (Phi) is 3.67. The molecule has 1 unspecified atom stereocenters. The third kappa shape index (κ3) is 1.73. The number of aliphatic hydroxyl groups is 1. The molecule has 3 heterocycles. The molecule has 6 nitrogen and oxygen atoms in total. The fraction of sp³-hybridized carbons (Fsp3) is 0.947. The number of hydrogen-bond donors (Lipinski definition) is 1. The maximum atomic E-state index is 12.2. The predicted octanol–water partition coefficient (Wildman–Crippen LogP) is 2.37. The van der Waals surface area contributed by atoms with Crippen LogP contribution in [0.3, 0.4) is 0 Å². The normalized spacial score (nSPS) is 53.4. The largest absolute Gasteiger partial charge is 0.469 e. The first-order chi connectivity index (χ1) is 11.8. The zero-order chi connectivity index (χ0) is 18.3. The second-order valence-corrected chi connectivity index (χ2v) is 8.25. The summed E-state index contributed by atoms with van der Waals surface area (Å²) in [7, 11) is 1.37. The average molecular weight is 354 g/mol. The van der Waals surface area contributed by atoms with Gasteiger partial charge in [0.1, 0.15) is 18.1 Å². The summed E-state index contributed by atoms with van der Waals surface area (Å²) in [6.45, 7) is 8.10. The van der Waals surface area contributed by atoms with Gasteiger partial charge in [-0.1, -0.05) is 27.2 Å². The van der Waals surface area contributed by atoms with Crippen LogP contribution in [0.4, 0.5) is 0 Å². The molecule has 1 aliphatic carbocycles. The van der Waals surface area contributed by atoms with E-state index in [1.54, 1.807) is 6.92 Å². The first-order valence-electron chi connectivity index (χ1n) is 9.65. The maximum absolute atomic E-state index is 12.2. The van der Waals surface area contributed by atoms with Crippen LogP contribution >= 0.6 is 0 Å². The molecule has 1 N–H and O–H groups in total. The van der Waals surface area contributed by atoms with E-state index in [0.717, 1.165) is 19.3 Å². The highest BCUT2D eigenvalue weighted by atomic mass is 16.9. The number of esters is 1. The molecule has 2 bridgehead atoms. The van der Waals surface area contributed by atoms with Crippen molar-refractivity contribution in [1.29, 1.82) is 0 Å². The van der Waals surface area contributed by atoms with Crippen molar-refractivity contribution >= 4 is 5.97 Å². The van der Waals surface area contributed by atoms with Gasteiger partial charge in [0.2, 0.25) is 11.6 Å². The number of carbonyl (C=O) groups is 1. The van der Waals surface area contributed by atoms with E-state index in [1.165, 1.54) is 7.11 Å². The van der Waals surface area contributed by atoms with Crippen molar-refractivity contribution in [3.05, 3.63) is 0 Å². The van der Waals surface area contributed by atoms with Gasteiger partial charge in [-0.3, -0.25) is 4.79 Å². The van der Waals surface area contributed by atoms with Crippen LogP contribution in [0, 0.1) is 17.8 Å². The topological polar surface area (TPSA) is 74.2 Å². The van der Waals surface area contributed by atoms with Gasteiger partial charge in [-0.25, -0.2) is 0 Å². The number of ether oxygens (including phenoxy) is 4. The molecule has 0 spiro atoms. The smallest absolute Gasteiger partial charge is 0.311 e. The lowest BCUT2D eigenvalue weighted by Gasteiger charge is -2.44. The molecule has 0 aromatic rings. The van der Waals surface area contributed by atoms with Gasteiger partial charge in [0.15, 0.2) is 0 Å². The van der Waals surface area contributed by atoms with Gasteiger partial charge in [-0.2, -0.15) is 0 Å². The van der Waals surface area contributed by atoms with Crippen LogP contribution in [-0.4, -0.2) is 47.1 Å². The quantitative estimate of drug-likeness (QED) is 0.738. The lowest BCUT2D eigenvalue weighted by atomic mass is 9.67. The number of carbonyl (C=O) groups excluding carboxylic acids is 1. The zero-order valence-corrected chi connectivity index (χ0v) is 15.8. The molecule has 3 saturated heterocycles. The van der Waals surface area contributed by atoms with Crippen LogP contribution in [0.5, 0.6) is 0 Å². The van der Waals surface area contributed by atoms with Crippen molar-refractivity contribution in [3.63, 3.8) is 0 Å². The Morgan fingerprint density at radius 1 is 1.24 bits per heavy atom. The summed E-state index contributed by atoms with van der Waals surface area (Å²) < 4.78 is 24.6. The molecule has 25 heavy (non-hydrogen) atoms. The summed E-state index contributed by atoms with van der Waals surface area (Å²) in [5.74, 6) is -2.03. The number of aliphatic hydroxyl groups excluding tert-OH is 1. The second-order valence-electron chi connectivity index (χ2n) is 8.25. The van der Waals surface area contributed by atoms with Crippen molar-refractivity contribution in [2.24, 2.45) is 17.8 Å². The van der Waals surface area contributed by atoms with Crippen molar-refractivity contribution in [1.82, 2.24) is 0 Å². The summed E-state index contributed by atoms with van der Waals surface area (Å²) in [6.07, 6.45) is 2.65. The molecule has 0 amide bonds. The molecule has 0 aromatic carbocycles. The van der Waals surface area contributed by atoms with Crippen LogP contribution in [0.15, 0.2) is 0 Å². The van der Waals surface area contributed by atoms with Gasteiger partial charge in [-0.15, -0.1) is 0 Å². The molecule has 0 aromatic heterocycles. The molecule has 4 fully saturated rings. The number of rotatable bonds is 6. The Balaban J connectivity index is 1.90. The SMILES string of the molecule is CC[C@@H]1C[C@@]2(CC)OC3(CC(=O)OC)O[C@]4([C@H](C)O)O[C@@]3(CC)[C@H]2[C@H]14. The van der Waals surface area contributed by atoms with Crippen LogP contribution in [0.1, 0.15) is 59.8 Å². The number of methoxy groups -OCH3 is 1. The fourth-order valence-corrected chi connectivity index (χ4v) is 6.61. The van der Waals surface area contributed by atoms with Gasteiger partial charge in [0.05, 0.1) is 12.7 Å². The lowest BCUT2D eigenvalue weighted by molar-refractivity contribution is -0.323. The van der Waals surface area contributed by atoms with Crippen molar-refractivity contribution in [2.75, 3.05) is 7.11 Å². The molecule has 6 heteroatoms. The van der Waals surface area contributed by atoms with Gasteiger partial charge in [-0.05, 0) is 32.1 Å². The Labute approximate surface area is 149 Å². The highest BCUT2D eigenvalue weighted by Gasteiger charge is 2.90. The van der Waals surface area contributed by atoms with E-state index in [4.69, 9.17) is 18.9 Å². The summed E-state index contributed by atoms with van der Waals surface area (Å²) in [5, 5.41) is 10.7. The summed E-state index contributed by atoms with van der Waals surface area (Å²) >= 11 is 0.